The molecule has 0 aromatic rings. The first kappa shape index (κ1) is 14.3. The summed E-state index contributed by atoms with van der Waals surface area (Å²) in [4.78, 5) is 21.1. The molecule has 0 aliphatic carbocycles. The lowest BCUT2D eigenvalue weighted by molar-refractivity contribution is -0.144. The molecule has 2 amide bonds. The Morgan fingerprint density at radius 3 is 2.31 bits per heavy atom. The number of hydrogen-bond donors (Lipinski definition) is 2. The SMILES string of the molecule is C=C(C)C(=O)OC(C)NC(N)=O.Cl. The number of carbonyl (C=O) groups is 2. The summed E-state index contributed by atoms with van der Waals surface area (Å²) < 4.78 is 4.67. The average Bonchev–Trinajstić information content (AvgIpc) is 1.84. The van der Waals surface area contributed by atoms with Crippen LogP contribution in [0.25, 0.3) is 0 Å². The maximum Gasteiger partial charge on any atom is 0.335 e. The zero-order valence-electron chi connectivity index (χ0n) is 7.49. The van der Waals surface area contributed by atoms with Crippen molar-refractivity contribution in [3.05, 3.63) is 12.2 Å². The van der Waals surface area contributed by atoms with Gasteiger partial charge in [0, 0.05) is 5.57 Å². The van der Waals surface area contributed by atoms with Crippen LogP contribution in [0.2, 0.25) is 0 Å². The molecule has 0 aromatic heterocycles. The van der Waals surface area contributed by atoms with Crippen LogP contribution in [0.5, 0.6) is 0 Å². The highest BCUT2D eigenvalue weighted by Gasteiger charge is 2.09. The summed E-state index contributed by atoms with van der Waals surface area (Å²) >= 11 is 0. The van der Waals surface area contributed by atoms with Gasteiger partial charge in [-0.05, 0) is 13.8 Å². The van der Waals surface area contributed by atoms with Gasteiger partial charge in [0.2, 0.25) is 0 Å². The molecule has 6 heteroatoms. The monoisotopic (exact) mass is 208 g/mol. The Bertz CT molecular complexity index is 218. The predicted octanol–water partition coefficient (Wildman–Crippen LogP) is 0.542. The van der Waals surface area contributed by atoms with Crippen molar-refractivity contribution >= 4 is 24.4 Å². The molecule has 0 spiro atoms. The number of rotatable bonds is 3. The number of hydrogen-bond acceptors (Lipinski definition) is 3. The maximum atomic E-state index is 10.8. The van der Waals surface area contributed by atoms with Crippen LogP contribution in [0, 0.1) is 0 Å². The normalized spacial score (nSPS) is 10.6. The lowest BCUT2D eigenvalue weighted by Gasteiger charge is -2.12. The third kappa shape index (κ3) is 7.14. The van der Waals surface area contributed by atoms with E-state index in [2.05, 4.69) is 16.6 Å². The van der Waals surface area contributed by atoms with E-state index in [-0.39, 0.29) is 18.0 Å². The predicted molar refractivity (Wildman–Crippen MR) is 50.3 cm³/mol. The van der Waals surface area contributed by atoms with Gasteiger partial charge in [0.1, 0.15) is 0 Å². The Kier molecular flexibility index (Phi) is 6.94. The fourth-order valence-corrected chi connectivity index (χ4v) is 0.491. The fraction of sp³-hybridized carbons (Fsp3) is 0.429. The molecule has 0 saturated carbocycles. The molecule has 0 fully saturated rings. The van der Waals surface area contributed by atoms with Crippen LogP contribution in [0.1, 0.15) is 13.8 Å². The van der Waals surface area contributed by atoms with Gasteiger partial charge in [-0.15, -0.1) is 12.4 Å². The van der Waals surface area contributed by atoms with E-state index in [9.17, 15) is 9.59 Å². The van der Waals surface area contributed by atoms with Gasteiger partial charge in [-0.25, -0.2) is 9.59 Å². The number of primary amides is 1. The van der Waals surface area contributed by atoms with E-state index in [0.717, 1.165) is 0 Å². The van der Waals surface area contributed by atoms with Gasteiger partial charge >= 0.3 is 12.0 Å². The first-order valence-electron chi connectivity index (χ1n) is 3.36. The molecule has 13 heavy (non-hydrogen) atoms. The zero-order chi connectivity index (χ0) is 9.72. The second-order valence-electron chi connectivity index (χ2n) is 2.34. The molecule has 1 atom stereocenters. The van der Waals surface area contributed by atoms with Gasteiger partial charge in [0.15, 0.2) is 6.23 Å². The minimum atomic E-state index is -0.739. The first-order chi connectivity index (χ1) is 5.43. The average molecular weight is 209 g/mol. The van der Waals surface area contributed by atoms with E-state index >= 15 is 0 Å². The third-order valence-electron chi connectivity index (χ3n) is 0.978. The van der Waals surface area contributed by atoms with Crippen LogP contribution in [0.3, 0.4) is 0 Å². The lowest BCUT2D eigenvalue weighted by Crippen LogP contribution is -2.39. The highest BCUT2D eigenvalue weighted by molar-refractivity contribution is 5.87. The van der Waals surface area contributed by atoms with Crippen LogP contribution in [0.4, 0.5) is 4.79 Å². The van der Waals surface area contributed by atoms with Crippen molar-refractivity contribution < 1.29 is 14.3 Å². The Labute approximate surface area is 82.7 Å². The van der Waals surface area contributed by atoms with Crippen molar-refractivity contribution in [1.82, 2.24) is 5.32 Å². The summed E-state index contributed by atoms with van der Waals surface area (Å²) in [6.45, 7) is 6.37. The van der Waals surface area contributed by atoms with E-state index in [4.69, 9.17) is 5.73 Å². The van der Waals surface area contributed by atoms with Crippen molar-refractivity contribution in [3.8, 4) is 0 Å². The molecule has 0 heterocycles. The van der Waals surface area contributed by atoms with E-state index in [1.165, 1.54) is 13.8 Å². The largest absolute Gasteiger partial charge is 0.439 e. The molecule has 0 saturated heterocycles. The highest BCUT2D eigenvalue weighted by Crippen LogP contribution is 1.94. The second kappa shape index (κ2) is 6.30. The van der Waals surface area contributed by atoms with Gasteiger partial charge in [-0.3, -0.25) is 0 Å². The van der Waals surface area contributed by atoms with Crippen LogP contribution in [0.15, 0.2) is 12.2 Å². The van der Waals surface area contributed by atoms with Crippen molar-refractivity contribution in [2.24, 2.45) is 5.73 Å². The number of ether oxygens (including phenoxy) is 1. The topological polar surface area (TPSA) is 81.4 Å². The number of carbonyl (C=O) groups excluding carboxylic acids is 2. The van der Waals surface area contributed by atoms with E-state index in [0.29, 0.717) is 0 Å². The van der Waals surface area contributed by atoms with Crippen molar-refractivity contribution in [2.75, 3.05) is 0 Å². The zero-order valence-corrected chi connectivity index (χ0v) is 8.31. The minimum absolute atomic E-state index is 0. The smallest absolute Gasteiger partial charge is 0.335 e. The lowest BCUT2D eigenvalue weighted by atomic mass is 10.4. The molecule has 0 rings (SSSR count). The van der Waals surface area contributed by atoms with Gasteiger partial charge < -0.3 is 15.8 Å². The van der Waals surface area contributed by atoms with Gasteiger partial charge in [0.05, 0.1) is 0 Å². The molecule has 76 valence electrons. The summed E-state index contributed by atoms with van der Waals surface area (Å²) in [5.74, 6) is -0.559. The van der Waals surface area contributed by atoms with Crippen LogP contribution >= 0.6 is 12.4 Å². The van der Waals surface area contributed by atoms with Gasteiger partial charge in [0.25, 0.3) is 0 Å². The number of urea groups is 1. The Morgan fingerprint density at radius 1 is 1.54 bits per heavy atom. The number of nitrogens with two attached hydrogens (primary N) is 1. The Hall–Kier alpha value is -1.23. The minimum Gasteiger partial charge on any atom is -0.439 e. The molecule has 0 bridgehead atoms. The molecule has 3 N–H and O–H groups in total. The van der Waals surface area contributed by atoms with Crippen LogP contribution in [-0.2, 0) is 9.53 Å². The molecular formula is C7H13ClN2O3. The molecule has 0 aliphatic heterocycles. The maximum absolute atomic E-state index is 10.8. The molecule has 0 radical (unpaired) electrons. The summed E-state index contributed by atoms with van der Waals surface area (Å²) in [7, 11) is 0. The van der Waals surface area contributed by atoms with Gasteiger partial charge in [-0.2, -0.15) is 0 Å². The number of esters is 1. The van der Waals surface area contributed by atoms with Crippen molar-refractivity contribution in [3.63, 3.8) is 0 Å². The Balaban J connectivity index is 0. The second-order valence-corrected chi connectivity index (χ2v) is 2.34. The Morgan fingerprint density at radius 2 is 2.00 bits per heavy atom. The summed E-state index contributed by atoms with van der Waals surface area (Å²) in [6, 6.07) is -0.739. The third-order valence-corrected chi connectivity index (χ3v) is 0.978. The summed E-state index contributed by atoms with van der Waals surface area (Å²) in [5, 5.41) is 2.18. The summed E-state index contributed by atoms with van der Waals surface area (Å²) in [6.07, 6.45) is -0.730. The molecular weight excluding hydrogens is 196 g/mol. The molecule has 5 nitrogen and oxygen atoms in total. The van der Waals surface area contributed by atoms with Crippen LogP contribution in [-0.4, -0.2) is 18.2 Å². The number of halogens is 1. The quantitative estimate of drug-likeness (QED) is 0.404. The number of nitrogens with one attached hydrogen (secondary N) is 1. The fourth-order valence-electron chi connectivity index (χ4n) is 0.491. The molecule has 0 aliphatic rings. The van der Waals surface area contributed by atoms with Crippen LogP contribution < -0.4 is 11.1 Å². The molecule has 0 aromatic carbocycles. The summed E-state index contributed by atoms with van der Waals surface area (Å²) in [5.41, 5.74) is 5.05. The first-order valence-corrected chi connectivity index (χ1v) is 3.36. The highest BCUT2D eigenvalue weighted by atomic mass is 35.5. The number of amides is 2. The van der Waals surface area contributed by atoms with Gasteiger partial charge in [-0.1, -0.05) is 6.58 Å². The van der Waals surface area contributed by atoms with Crippen molar-refractivity contribution in [2.45, 2.75) is 20.1 Å². The van der Waals surface area contributed by atoms with E-state index < -0.39 is 18.2 Å². The molecule has 1 unspecified atom stereocenters. The van der Waals surface area contributed by atoms with Crippen molar-refractivity contribution in [1.29, 1.82) is 0 Å². The van der Waals surface area contributed by atoms with E-state index in [1.807, 2.05) is 0 Å². The van der Waals surface area contributed by atoms with E-state index in [1.54, 1.807) is 0 Å². The standard InChI is InChI=1S/C7H12N2O3.ClH/c1-4(2)6(10)12-5(3)9-7(8)11;/h5H,1H2,2-3H3,(H3,8,9,11);1H.